The van der Waals surface area contributed by atoms with Gasteiger partial charge in [0, 0.05) is 24.3 Å². The van der Waals surface area contributed by atoms with E-state index in [-0.39, 0.29) is 23.6 Å². The number of hydrogen-bond donors (Lipinski definition) is 0. The molecule has 0 spiro atoms. The molecule has 0 atom stereocenters. The lowest BCUT2D eigenvalue weighted by atomic mass is 9.62. The molecule has 0 N–H and O–H groups in total. The minimum atomic E-state index is -0.363. The number of carbonyl (C=O) groups excluding carboxylic acids is 1. The van der Waals surface area contributed by atoms with E-state index >= 15 is 0 Å². The molecular formula is C30H40O5. The van der Waals surface area contributed by atoms with Crippen molar-refractivity contribution in [3.05, 3.63) is 53.1 Å². The molecule has 2 aromatic rings. The van der Waals surface area contributed by atoms with Gasteiger partial charge in [0.1, 0.15) is 11.5 Å². The van der Waals surface area contributed by atoms with E-state index in [1.807, 2.05) is 18.2 Å². The Morgan fingerprint density at radius 1 is 0.914 bits per heavy atom. The third-order valence-corrected chi connectivity index (χ3v) is 6.74. The van der Waals surface area contributed by atoms with Crippen molar-refractivity contribution in [2.45, 2.75) is 71.6 Å². The molecule has 0 aliphatic heterocycles. The Bertz CT molecular complexity index is 1060. The van der Waals surface area contributed by atoms with Gasteiger partial charge < -0.3 is 18.9 Å². The molecule has 0 radical (unpaired) electrons. The molecule has 5 nitrogen and oxygen atoms in total. The molecule has 0 aromatic heterocycles. The van der Waals surface area contributed by atoms with Gasteiger partial charge in [-0.2, -0.15) is 0 Å². The molecule has 1 aliphatic carbocycles. The Hall–Kier alpha value is -2.79. The first-order chi connectivity index (χ1) is 16.6. The van der Waals surface area contributed by atoms with Gasteiger partial charge in [-0.1, -0.05) is 40.7 Å². The number of ether oxygens (including phenoxy) is 4. The Labute approximate surface area is 210 Å². The number of rotatable bonds is 10. The molecule has 3 rings (SSSR count). The standard InChI is InChI=1S/C30H40O5/c1-8-16-34-27-19-25-24(29(3,4)14-15-30(25,5)6)18-23(27)22-17-21(11-13-28(31)33-9-2)10-12-26(22)35-20-32-7/h10-13,17-19H,8-9,14-16,20H2,1-7H3. The molecule has 0 saturated heterocycles. The number of carbonyl (C=O) groups is 1. The van der Waals surface area contributed by atoms with Crippen molar-refractivity contribution < 1.29 is 23.7 Å². The zero-order valence-corrected chi connectivity index (χ0v) is 22.3. The third-order valence-electron chi connectivity index (χ3n) is 6.74. The van der Waals surface area contributed by atoms with Crippen LogP contribution in [0.3, 0.4) is 0 Å². The van der Waals surface area contributed by atoms with Crippen molar-refractivity contribution in [3.63, 3.8) is 0 Å². The van der Waals surface area contributed by atoms with E-state index in [2.05, 4.69) is 46.8 Å². The molecule has 0 saturated carbocycles. The summed E-state index contributed by atoms with van der Waals surface area (Å²) in [5, 5.41) is 0. The second kappa shape index (κ2) is 11.3. The summed E-state index contributed by atoms with van der Waals surface area (Å²) in [4.78, 5) is 11.9. The van der Waals surface area contributed by atoms with Crippen LogP contribution in [-0.2, 0) is 25.1 Å². The maximum atomic E-state index is 11.9. The van der Waals surface area contributed by atoms with Crippen molar-refractivity contribution in [2.75, 3.05) is 27.1 Å². The van der Waals surface area contributed by atoms with E-state index in [1.54, 1.807) is 20.1 Å². The van der Waals surface area contributed by atoms with Gasteiger partial charge in [-0.3, -0.25) is 0 Å². The number of hydrogen-bond acceptors (Lipinski definition) is 5. The van der Waals surface area contributed by atoms with Crippen LogP contribution in [0, 0.1) is 0 Å². The average Bonchev–Trinajstić information content (AvgIpc) is 2.83. The predicted molar refractivity (Wildman–Crippen MR) is 141 cm³/mol. The van der Waals surface area contributed by atoms with Gasteiger partial charge in [0.05, 0.1) is 13.2 Å². The summed E-state index contributed by atoms with van der Waals surface area (Å²) in [7, 11) is 1.61. The molecule has 1 aliphatic rings. The van der Waals surface area contributed by atoms with E-state index < -0.39 is 0 Å². The van der Waals surface area contributed by atoms with E-state index in [9.17, 15) is 4.79 Å². The van der Waals surface area contributed by atoms with Crippen LogP contribution in [0.5, 0.6) is 11.5 Å². The number of fused-ring (bicyclic) bond motifs is 1. The average molecular weight is 481 g/mol. The van der Waals surface area contributed by atoms with E-state index in [0.717, 1.165) is 41.7 Å². The molecule has 5 heteroatoms. The minimum absolute atomic E-state index is 0.0534. The van der Waals surface area contributed by atoms with Gasteiger partial charge in [0.15, 0.2) is 6.79 Å². The van der Waals surface area contributed by atoms with Crippen LogP contribution in [0.1, 0.15) is 77.5 Å². The van der Waals surface area contributed by atoms with E-state index in [1.165, 1.54) is 17.2 Å². The topological polar surface area (TPSA) is 54.0 Å². The second-order valence-corrected chi connectivity index (χ2v) is 10.4. The van der Waals surface area contributed by atoms with Crippen LogP contribution < -0.4 is 9.47 Å². The Morgan fingerprint density at radius 2 is 1.57 bits per heavy atom. The molecule has 35 heavy (non-hydrogen) atoms. The SMILES string of the molecule is CCCOc1cc2c(cc1-c1cc(C=CC(=O)OCC)ccc1OCOC)C(C)(C)CCC2(C)C. The predicted octanol–water partition coefficient (Wildman–Crippen LogP) is 7.05. The molecule has 2 aromatic carbocycles. The number of benzene rings is 2. The quantitative estimate of drug-likeness (QED) is 0.207. The van der Waals surface area contributed by atoms with Gasteiger partial charge in [0.25, 0.3) is 0 Å². The molecule has 0 heterocycles. The van der Waals surface area contributed by atoms with Gasteiger partial charge in [-0.15, -0.1) is 0 Å². The smallest absolute Gasteiger partial charge is 0.330 e. The monoisotopic (exact) mass is 480 g/mol. The Morgan fingerprint density at radius 3 is 2.20 bits per heavy atom. The zero-order chi connectivity index (χ0) is 25.6. The molecule has 0 unspecified atom stereocenters. The fraction of sp³-hybridized carbons (Fsp3) is 0.500. The third kappa shape index (κ3) is 6.26. The summed E-state index contributed by atoms with van der Waals surface area (Å²) in [5.74, 6) is 1.19. The highest BCUT2D eigenvalue weighted by Crippen LogP contribution is 2.50. The lowest BCUT2D eigenvalue weighted by molar-refractivity contribution is -0.137. The van der Waals surface area contributed by atoms with Crippen LogP contribution in [0.2, 0.25) is 0 Å². The van der Waals surface area contributed by atoms with Crippen LogP contribution >= 0.6 is 0 Å². The highest BCUT2D eigenvalue weighted by molar-refractivity contribution is 5.88. The molecule has 0 bridgehead atoms. The lowest BCUT2D eigenvalue weighted by Gasteiger charge is -2.42. The lowest BCUT2D eigenvalue weighted by Crippen LogP contribution is -2.34. The Kier molecular flexibility index (Phi) is 8.65. The zero-order valence-electron chi connectivity index (χ0n) is 22.3. The van der Waals surface area contributed by atoms with Crippen LogP contribution in [0.4, 0.5) is 0 Å². The molecule has 0 fully saturated rings. The number of methoxy groups -OCH3 is 1. The van der Waals surface area contributed by atoms with Crippen molar-refractivity contribution in [3.8, 4) is 22.6 Å². The van der Waals surface area contributed by atoms with Crippen molar-refractivity contribution in [2.24, 2.45) is 0 Å². The summed E-state index contributed by atoms with van der Waals surface area (Å²) in [6, 6.07) is 10.4. The van der Waals surface area contributed by atoms with E-state index in [4.69, 9.17) is 18.9 Å². The van der Waals surface area contributed by atoms with Crippen molar-refractivity contribution >= 4 is 12.0 Å². The molecule has 0 amide bonds. The van der Waals surface area contributed by atoms with Crippen LogP contribution in [0.25, 0.3) is 17.2 Å². The van der Waals surface area contributed by atoms with Gasteiger partial charge in [-0.25, -0.2) is 4.79 Å². The fourth-order valence-corrected chi connectivity index (χ4v) is 4.60. The first-order valence-corrected chi connectivity index (χ1v) is 12.6. The van der Waals surface area contributed by atoms with Gasteiger partial charge >= 0.3 is 5.97 Å². The highest BCUT2D eigenvalue weighted by Gasteiger charge is 2.38. The summed E-state index contributed by atoms with van der Waals surface area (Å²) < 4.78 is 22.5. The maximum absolute atomic E-state index is 11.9. The normalized spacial score (nSPS) is 16.1. The summed E-state index contributed by atoms with van der Waals surface area (Å²) in [6.07, 6.45) is 6.39. The van der Waals surface area contributed by atoms with Crippen LogP contribution in [0.15, 0.2) is 36.4 Å². The highest BCUT2D eigenvalue weighted by atomic mass is 16.7. The van der Waals surface area contributed by atoms with Crippen molar-refractivity contribution in [1.29, 1.82) is 0 Å². The number of esters is 1. The fourth-order valence-electron chi connectivity index (χ4n) is 4.60. The maximum Gasteiger partial charge on any atom is 0.330 e. The summed E-state index contributed by atoms with van der Waals surface area (Å²) >= 11 is 0. The first kappa shape index (κ1) is 26.8. The minimum Gasteiger partial charge on any atom is -0.493 e. The van der Waals surface area contributed by atoms with Gasteiger partial charge in [-0.05, 0) is 84.0 Å². The van der Waals surface area contributed by atoms with Crippen LogP contribution in [-0.4, -0.2) is 33.1 Å². The summed E-state index contributed by atoms with van der Waals surface area (Å²) in [5.41, 5.74) is 5.59. The first-order valence-electron chi connectivity index (χ1n) is 12.6. The van der Waals surface area contributed by atoms with E-state index in [0.29, 0.717) is 19.0 Å². The largest absolute Gasteiger partial charge is 0.493 e. The molecular weight excluding hydrogens is 440 g/mol. The van der Waals surface area contributed by atoms with Crippen molar-refractivity contribution in [1.82, 2.24) is 0 Å². The summed E-state index contributed by atoms with van der Waals surface area (Å²) in [6.45, 7) is 14.3. The van der Waals surface area contributed by atoms with Gasteiger partial charge in [0.2, 0.25) is 0 Å². The molecule has 190 valence electrons. The second-order valence-electron chi connectivity index (χ2n) is 10.4. The Balaban J connectivity index is 2.21.